The number of benzene rings is 1. The number of nitrogens with zero attached hydrogens (tertiary/aromatic N) is 1. The van der Waals surface area contributed by atoms with E-state index < -0.39 is 6.10 Å². The first kappa shape index (κ1) is 19.7. The van der Waals surface area contributed by atoms with Crippen LogP contribution in [0.1, 0.15) is 16.8 Å². The number of hydrogen-bond donors (Lipinski definition) is 2. The Kier molecular flexibility index (Phi) is 8.15. The van der Waals surface area contributed by atoms with Crippen LogP contribution in [-0.2, 0) is 22.6 Å². The number of methoxy groups -OCH3 is 2. The summed E-state index contributed by atoms with van der Waals surface area (Å²) in [5.41, 5.74) is 3.90. The summed E-state index contributed by atoms with van der Waals surface area (Å²) >= 11 is 0. The highest BCUT2D eigenvalue weighted by atomic mass is 16.5. The molecule has 0 fully saturated rings. The molecule has 0 bridgehead atoms. The molecule has 0 saturated heterocycles. The molecule has 5 heteroatoms. The van der Waals surface area contributed by atoms with E-state index in [1.807, 2.05) is 0 Å². The molecule has 5 nitrogen and oxygen atoms in total. The predicted octanol–water partition coefficient (Wildman–Crippen LogP) is 0.883. The van der Waals surface area contributed by atoms with Crippen molar-refractivity contribution in [2.24, 2.45) is 0 Å². The van der Waals surface area contributed by atoms with Crippen molar-refractivity contribution >= 4 is 0 Å². The van der Waals surface area contributed by atoms with Crippen LogP contribution in [0.3, 0.4) is 0 Å². The average molecular weight is 347 g/mol. The molecule has 2 atom stereocenters. The fraction of sp³-hybridized carbons (Fsp3) is 0.500. The van der Waals surface area contributed by atoms with E-state index in [0.717, 1.165) is 19.6 Å². The van der Waals surface area contributed by atoms with Gasteiger partial charge in [-0.3, -0.25) is 0 Å². The molecule has 0 spiro atoms. The summed E-state index contributed by atoms with van der Waals surface area (Å²) in [6, 6.07) is 12.7. The molecule has 2 aromatic rings. The Morgan fingerprint density at radius 2 is 1.92 bits per heavy atom. The minimum atomic E-state index is -0.461. The second kappa shape index (κ2) is 10.4. The van der Waals surface area contributed by atoms with Gasteiger partial charge in [0.25, 0.3) is 0 Å². The van der Waals surface area contributed by atoms with E-state index in [0.29, 0.717) is 19.8 Å². The Balaban J connectivity index is 2.06. The van der Waals surface area contributed by atoms with Crippen molar-refractivity contribution in [3.8, 4) is 0 Å². The van der Waals surface area contributed by atoms with Crippen molar-refractivity contribution < 1.29 is 19.5 Å². The van der Waals surface area contributed by atoms with Crippen LogP contribution < -0.4 is 4.90 Å². The monoisotopic (exact) mass is 347 g/mol. The minimum absolute atomic E-state index is 0.362. The molecule has 25 heavy (non-hydrogen) atoms. The second-order valence-corrected chi connectivity index (χ2v) is 6.54. The zero-order chi connectivity index (χ0) is 18.1. The maximum Gasteiger partial charge on any atom is 0.126 e. The van der Waals surface area contributed by atoms with Gasteiger partial charge in [0.1, 0.15) is 25.7 Å². The molecule has 1 aromatic carbocycles. The lowest BCUT2D eigenvalue weighted by Gasteiger charge is -2.23. The van der Waals surface area contributed by atoms with Crippen molar-refractivity contribution in [2.75, 3.05) is 40.5 Å². The molecule has 1 unspecified atom stereocenters. The third-order valence-corrected chi connectivity index (χ3v) is 4.50. The number of nitrogens with one attached hydrogen (secondary N) is 1. The van der Waals surface area contributed by atoms with E-state index >= 15 is 0 Å². The third kappa shape index (κ3) is 6.29. The third-order valence-electron chi connectivity index (χ3n) is 4.50. The maximum absolute atomic E-state index is 10.1. The Hall–Kier alpha value is -1.66. The van der Waals surface area contributed by atoms with Crippen LogP contribution in [-0.4, -0.2) is 56.3 Å². The zero-order valence-corrected chi connectivity index (χ0v) is 15.6. The normalized spacial score (nSPS) is 13.8. The molecule has 2 N–H and O–H groups in total. The van der Waals surface area contributed by atoms with Crippen LogP contribution in [0.25, 0.3) is 0 Å². The van der Waals surface area contributed by atoms with E-state index in [1.54, 1.807) is 14.2 Å². The van der Waals surface area contributed by atoms with Crippen molar-refractivity contribution in [3.05, 3.63) is 59.4 Å². The predicted molar refractivity (Wildman–Crippen MR) is 98.9 cm³/mol. The molecular weight excluding hydrogens is 316 g/mol. The number of rotatable bonds is 11. The van der Waals surface area contributed by atoms with Crippen LogP contribution in [0, 0.1) is 6.92 Å². The Morgan fingerprint density at radius 3 is 2.64 bits per heavy atom. The van der Waals surface area contributed by atoms with E-state index in [9.17, 15) is 5.11 Å². The van der Waals surface area contributed by atoms with Gasteiger partial charge < -0.3 is 24.0 Å². The van der Waals surface area contributed by atoms with Crippen LogP contribution in [0.15, 0.2) is 42.6 Å². The highest BCUT2D eigenvalue weighted by molar-refractivity contribution is 5.26. The lowest BCUT2D eigenvalue weighted by Crippen LogP contribution is -3.12. The van der Waals surface area contributed by atoms with Gasteiger partial charge in [0, 0.05) is 27.0 Å². The van der Waals surface area contributed by atoms with Gasteiger partial charge in [-0.1, -0.05) is 24.3 Å². The van der Waals surface area contributed by atoms with E-state index in [2.05, 4.69) is 54.1 Å². The van der Waals surface area contributed by atoms with Gasteiger partial charge in [-0.25, -0.2) is 0 Å². The maximum atomic E-state index is 10.1. The smallest absolute Gasteiger partial charge is 0.126 e. The topological polar surface area (TPSA) is 48.1 Å². The first-order chi connectivity index (χ1) is 12.1. The molecular formula is C20H31N2O3+. The molecule has 0 aliphatic heterocycles. The van der Waals surface area contributed by atoms with E-state index in [-0.39, 0.29) is 0 Å². The summed E-state index contributed by atoms with van der Waals surface area (Å²) in [4.78, 5) is 1.29. The number of aryl methyl sites for hydroxylation is 1. The standard InChI is InChI=1S/C20H30N2O3/c1-17-7-4-5-8-18(17)13-22-10-6-9-19(22)14-21(11-12-24-2)15-20(23)16-25-3/h4-10,20,23H,11-16H2,1-3H3/p+1/t20-/m0/s1. The van der Waals surface area contributed by atoms with Gasteiger partial charge >= 0.3 is 0 Å². The summed E-state index contributed by atoms with van der Waals surface area (Å²) in [6.07, 6.45) is 1.66. The molecule has 138 valence electrons. The second-order valence-electron chi connectivity index (χ2n) is 6.54. The summed E-state index contributed by atoms with van der Waals surface area (Å²) in [7, 11) is 3.33. The average Bonchev–Trinajstić information content (AvgIpc) is 3.02. The quantitative estimate of drug-likeness (QED) is 0.635. The molecule has 2 rings (SSSR count). The lowest BCUT2D eigenvalue weighted by molar-refractivity contribution is -0.917. The fourth-order valence-electron chi connectivity index (χ4n) is 3.08. The Labute approximate surface area is 150 Å². The SMILES string of the molecule is COCC[NH+](Cc1cccn1Cc1ccccc1C)C[C@H](O)COC. The Morgan fingerprint density at radius 1 is 1.12 bits per heavy atom. The summed E-state index contributed by atoms with van der Waals surface area (Å²) in [5.74, 6) is 0. The van der Waals surface area contributed by atoms with E-state index in [1.165, 1.54) is 21.7 Å². The summed E-state index contributed by atoms with van der Waals surface area (Å²) in [5, 5.41) is 10.1. The fourth-order valence-corrected chi connectivity index (χ4v) is 3.08. The van der Waals surface area contributed by atoms with Gasteiger partial charge in [-0.15, -0.1) is 0 Å². The van der Waals surface area contributed by atoms with Crippen LogP contribution >= 0.6 is 0 Å². The van der Waals surface area contributed by atoms with Gasteiger partial charge in [-0.2, -0.15) is 0 Å². The molecule has 1 heterocycles. The first-order valence-corrected chi connectivity index (χ1v) is 8.82. The van der Waals surface area contributed by atoms with E-state index in [4.69, 9.17) is 9.47 Å². The van der Waals surface area contributed by atoms with Gasteiger partial charge in [-0.05, 0) is 30.2 Å². The van der Waals surface area contributed by atoms with Gasteiger partial charge in [0.15, 0.2) is 0 Å². The number of quaternary nitrogens is 1. The molecule has 0 radical (unpaired) electrons. The molecule has 0 amide bonds. The molecule has 0 aliphatic carbocycles. The number of aliphatic hydroxyl groups excluding tert-OH is 1. The minimum Gasteiger partial charge on any atom is -0.385 e. The van der Waals surface area contributed by atoms with Crippen molar-refractivity contribution in [1.29, 1.82) is 0 Å². The van der Waals surface area contributed by atoms with Crippen LogP contribution in [0.2, 0.25) is 0 Å². The molecule has 1 aromatic heterocycles. The summed E-state index contributed by atoms with van der Waals surface area (Å²) in [6.45, 7) is 6.40. The van der Waals surface area contributed by atoms with Crippen LogP contribution in [0.5, 0.6) is 0 Å². The number of aromatic nitrogens is 1. The highest BCUT2D eigenvalue weighted by Gasteiger charge is 2.17. The zero-order valence-electron chi connectivity index (χ0n) is 15.6. The van der Waals surface area contributed by atoms with Crippen LogP contribution in [0.4, 0.5) is 0 Å². The van der Waals surface area contributed by atoms with Gasteiger partial charge in [0.2, 0.25) is 0 Å². The molecule has 0 aliphatic rings. The highest BCUT2D eigenvalue weighted by Crippen LogP contribution is 2.11. The molecule has 0 saturated carbocycles. The number of ether oxygens (including phenoxy) is 2. The number of hydrogen-bond acceptors (Lipinski definition) is 3. The van der Waals surface area contributed by atoms with Crippen molar-refractivity contribution in [2.45, 2.75) is 26.1 Å². The Bertz CT molecular complexity index is 627. The van der Waals surface area contributed by atoms with Crippen molar-refractivity contribution in [3.63, 3.8) is 0 Å². The first-order valence-electron chi connectivity index (χ1n) is 8.82. The lowest BCUT2D eigenvalue weighted by atomic mass is 10.1. The van der Waals surface area contributed by atoms with Gasteiger partial charge in [0.05, 0.1) is 18.9 Å². The van der Waals surface area contributed by atoms with Crippen molar-refractivity contribution in [1.82, 2.24) is 4.57 Å². The largest absolute Gasteiger partial charge is 0.385 e. The number of aliphatic hydroxyl groups is 1. The summed E-state index contributed by atoms with van der Waals surface area (Å²) < 4.78 is 12.6.